The smallest absolute Gasteiger partial charge is 0.268 e. The van der Waals surface area contributed by atoms with Gasteiger partial charge in [0.15, 0.2) is 0 Å². The molecule has 0 aliphatic heterocycles. The Bertz CT molecular complexity index is 410. The van der Waals surface area contributed by atoms with Crippen molar-refractivity contribution in [3.63, 3.8) is 0 Å². The summed E-state index contributed by atoms with van der Waals surface area (Å²) in [6.45, 7) is 3.99. The van der Waals surface area contributed by atoms with E-state index >= 15 is 0 Å². The van der Waals surface area contributed by atoms with E-state index in [9.17, 15) is 0 Å². The van der Waals surface area contributed by atoms with E-state index in [0.29, 0.717) is 17.5 Å². The maximum absolute atomic E-state index is 5.41. The van der Waals surface area contributed by atoms with Crippen molar-refractivity contribution in [2.24, 2.45) is 0 Å². The molecule has 0 aliphatic rings. The first-order valence-electron chi connectivity index (χ1n) is 4.39. The van der Waals surface area contributed by atoms with E-state index in [-0.39, 0.29) is 5.92 Å². The van der Waals surface area contributed by atoms with Gasteiger partial charge in [0, 0.05) is 12.1 Å². The van der Waals surface area contributed by atoms with E-state index in [4.69, 9.17) is 4.42 Å². The summed E-state index contributed by atoms with van der Waals surface area (Å²) in [6.07, 6.45) is 1.60. The van der Waals surface area contributed by atoms with Crippen LogP contribution in [0.5, 0.6) is 0 Å². The van der Waals surface area contributed by atoms with Crippen LogP contribution in [0, 0.1) is 0 Å². The SMILES string of the molecule is CC(C)c1nnc(-c2cccnn2)o1. The van der Waals surface area contributed by atoms with Crippen molar-refractivity contribution >= 4 is 0 Å². The molecule has 0 unspecified atom stereocenters. The van der Waals surface area contributed by atoms with E-state index in [1.165, 1.54) is 0 Å². The fourth-order valence-corrected chi connectivity index (χ4v) is 0.987. The third-order valence-electron chi connectivity index (χ3n) is 1.73. The average molecular weight is 190 g/mol. The second-order valence-electron chi connectivity index (χ2n) is 3.21. The van der Waals surface area contributed by atoms with Crippen molar-refractivity contribution in [2.45, 2.75) is 19.8 Å². The summed E-state index contributed by atoms with van der Waals surface area (Å²) in [5.74, 6) is 1.26. The Hall–Kier alpha value is -1.78. The van der Waals surface area contributed by atoms with Crippen LogP contribution in [-0.4, -0.2) is 20.4 Å². The van der Waals surface area contributed by atoms with Crippen LogP contribution in [-0.2, 0) is 0 Å². The van der Waals surface area contributed by atoms with Crippen LogP contribution >= 0.6 is 0 Å². The molecule has 0 radical (unpaired) electrons. The lowest BCUT2D eigenvalue weighted by atomic mass is 10.2. The number of nitrogens with zero attached hydrogens (tertiary/aromatic N) is 4. The molecule has 0 aliphatic carbocycles. The van der Waals surface area contributed by atoms with Crippen molar-refractivity contribution < 1.29 is 4.42 Å². The Labute approximate surface area is 81.2 Å². The Morgan fingerprint density at radius 2 is 2.07 bits per heavy atom. The summed E-state index contributed by atoms with van der Waals surface area (Å²) in [5.41, 5.74) is 0.604. The number of hydrogen-bond donors (Lipinski definition) is 0. The zero-order chi connectivity index (χ0) is 9.97. The van der Waals surface area contributed by atoms with Crippen LogP contribution < -0.4 is 0 Å². The van der Waals surface area contributed by atoms with Crippen LogP contribution in [0.4, 0.5) is 0 Å². The van der Waals surface area contributed by atoms with Gasteiger partial charge >= 0.3 is 0 Å². The van der Waals surface area contributed by atoms with E-state index in [1.54, 1.807) is 18.3 Å². The maximum Gasteiger partial charge on any atom is 0.268 e. The van der Waals surface area contributed by atoms with Crippen LogP contribution in [0.1, 0.15) is 25.7 Å². The standard InChI is InChI=1S/C9H10N4O/c1-6(2)8-12-13-9(14-8)7-4-3-5-10-11-7/h3-6H,1-2H3. The van der Waals surface area contributed by atoms with Gasteiger partial charge < -0.3 is 4.42 Å². The predicted molar refractivity (Wildman–Crippen MR) is 49.4 cm³/mol. The van der Waals surface area contributed by atoms with Crippen molar-refractivity contribution in [2.75, 3.05) is 0 Å². The molecule has 72 valence electrons. The molecule has 0 aromatic carbocycles. The maximum atomic E-state index is 5.41. The Kier molecular flexibility index (Phi) is 2.22. The second-order valence-corrected chi connectivity index (χ2v) is 3.21. The van der Waals surface area contributed by atoms with Gasteiger partial charge in [0.1, 0.15) is 5.69 Å². The molecule has 14 heavy (non-hydrogen) atoms. The molecule has 5 heteroatoms. The quantitative estimate of drug-likeness (QED) is 0.720. The summed E-state index contributed by atoms with van der Waals surface area (Å²) < 4.78 is 5.41. The fourth-order valence-electron chi connectivity index (χ4n) is 0.987. The average Bonchev–Trinajstić information content (AvgIpc) is 2.68. The summed E-state index contributed by atoms with van der Waals surface area (Å²) in [4.78, 5) is 0. The monoisotopic (exact) mass is 190 g/mol. The first-order chi connectivity index (χ1) is 6.77. The van der Waals surface area contributed by atoms with Crippen molar-refractivity contribution in [1.82, 2.24) is 20.4 Å². The van der Waals surface area contributed by atoms with Gasteiger partial charge in [-0.3, -0.25) is 0 Å². The first kappa shape index (κ1) is 8.80. The number of rotatable bonds is 2. The molecule has 0 spiro atoms. The molecule has 0 atom stereocenters. The highest BCUT2D eigenvalue weighted by molar-refractivity contribution is 5.43. The number of hydrogen-bond acceptors (Lipinski definition) is 5. The highest BCUT2D eigenvalue weighted by atomic mass is 16.4. The molecule has 2 heterocycles. The minimum Gasteiger partial charge on any atom is -0.419 e. The third-order valence-corrected chi connectivity index (χ3v) is 1.73. The Morgan fingerprint density at radius 1 is 1.21 bits per heavy atom. The zero-order valence-electron chi connectivity index (χ0n) is 8.01. The van der Waals surface area contributed by atoms with Gasteiger partial charge in [-0.1, -0.05) is 13.8 Å². The van der Waals surface area contributed by atoms with Crippen LogP contribution in [0.2, 0.25) is 0 Å². The van der Waals surface area contributed by atoms with Gasteiger partial charge in [-0.05, 0) is 12.1 Å². The second kappa shape index (κ2) is 3.53. The highest BCUT2D eigenvalue weighted by Gasteiger charge is 2.11. The molecule has 2 aromatic heterocycles. The molecule has 2 rings (SSSR count). The van der Waals surface area contributed by atoms with Crippen molar-refractivity contribution in [1.29, 1.82) is 0 Å². The lowest BCUT2D eigenvalue weighted by molar-refractivity contribution is 0.479. The fraction of sp³-hybridized carbons (Fsp3) is 0.333. The molecule has 0 saturated carbocycles. The highest BCUT2D eigenvalue weighted by Crippen LogP contribution is 2.18. The van der Waals surface area contributed by atoms with Gasteiger partial charge in [0.25, 0.3) is 5.89 Å². The molecule has 0 bridgehead atoms. The lowest BCUT2D eigenvalue weighted by Gasteiger charge is -1.94. The van der Waals surface area contributed by atoms with Crippen molar-refractivity contribution in [3.8, 4) is 11.6 Å². The van der Waals surface area contributed by atoms with E-state index in [0.717, 1.165) is 0 Å². The summed E-state index contributed by atoms with van der Waals surface area (Å²) >= 11 is 0. The molecule has 0 amide bonds. The van der Waals surface area contributed by atoms with Gasteiger partial charge in [-0.15, -0.1) is 15.3 Å². The van der Waals surface area contributed by atoms with Crippen LogP contribution in [0.15, 0.2) is 22.7 Å². The largest absolute Gasteiger partial charge is 0.419 e. The van der Waals surface area contributed by atoms with Crippen LogP contribution in [0.3, 0.4) is 0 Å². The lowest BCUT2D eigenvalue weighted by Crippen LogP contribution is -1.85. The summed E-state index contributed by atoms with van der Waals surface area (Å²) in [5, 5.41) is 15.4. The summed E-state index contributed by atoms with van der Waals surface area (Å²) in [7, 11) is 0. The number of aromatic nitrogens is 4. The van der Waals surface area contributed by atoms with Crippen molar-refractivity contribution in [3.05, 3.63) is 24.2 Å². The van der Waals surface area contributed by atoms with E-state index < -0.39 is 0 Å². The summed E-state index contributed by atoms with van der Waals surface area (Å²) in [6, 6.07) is 3.56. The third kappa shape index (κ3) is 1.61. The van der Waals surface area contributed by atoms with Gasteiger partial charge in [0.2, 0.25) is 5.89 Å². The minimum atomic E-state index is 0.230. The first-order valence-corrected chi connectivity index (χ1v) is 4.39. The Morgan fingerprint density at radius 3 is 2.64 bits per heavy atom. The van der Waals surface area contributed by atoms with Gasteiger partial charge in [0.05, 0.1) is 0 Å². The Balaban J connectivity index is 2.34. The minimum absolute atomic E-state index is 0.230. The predicted octanol–water partition coefficient (Wildman–Crippen LogP) is 1.65. The molecular formula is C9H10N4O. The van der Waals surface area contributed by atoms with E-state index in [2.05, 4.69) is 20.4 Å². The molecule has 0 fully saturated rings. The van der Waals surface area contributed by atoms with E-state index in [1.807, 2.05) is 13.8 Å². The van der Waals surface area contributed by atoms with Gasteiger partial charge in [-0.2, -0.15) is 5.10 Å². The van der Waals surface area contributed by atoms with Gasteiger partial charge in [-0.25, -0.2) is 0 Å². The zero-order valence-corrected chi connectivity index (χ0v) is 8.01. The normalized spacial score (nSPS) is 10.8. The molecular weight excluding hydrogens is 180 g/mol. The topological polar surface area (TPSA) is 64.7 Å². The molecule has 0 N–H and O–H groups in total. The molecule has 2 aromatic rings. The molecule has 5 nitrogen and oxygen atoms in total. The van der Waals surface area contributed by atoms with Crippen LogP contribution in [0.25, 0.3) is 11.6 Å². The molecule has 0 saturated heterocycles.